The zero-order valence-corrected chi connectivity index (χ0v) is 9.10. The van der Waals surface area contributed by atoms with Gasteiger partial charge in [0.15, 0.2) is 0 Å². The van der Waals surface area contributed by atoms with E-state index in [0.29, 0.717) is 6.10 Å². The van der Waals surface area contributed by atoms with Crippen molar-refractivity contribution in [2.24, 2.45) is 0 Å². The fourth-order valence-corrected chi connectivity index (χ4v) is 1.79. The molecule has 5 heteroatoms. The van der Waals surface area contributed by atoms with E-state index < -0.39 is 0 Å². The van der Waals surface area contributed by atoms with E-state index >= 15 is 0 Å². The third kappa shape index (κ3) is 2.18. The maximum Gasteiger partial charge on any atom is 0.134 e. The van der Waals surface area contributed by atoms with E-state index in [1.165, 1.54) is 0 Å². The van der Waals surface area contributed by atoms with Gasteiger partial charge in [-0.05, 0) is 6.42 Å². The van der Waals surface area contributed by atoms with Crippen LogP contribution in [0, 0.1) is 0 Å². The molecule has 1 aromatic heterocycles. The molecule has 1 fully saturated rings. The Labute approximate surface area is 89.5 Å². The first-order valence-electron chi connectivity index (χ1n) is 5.11. The van der Waals surface area contributed by atoms with Crippen LogP contribution in [0.5, 0.6) is 0 Å². The Balaban J connectivity index is 2.09. The molecule has 1 aromatic rings. The van der Waals surface area contributed by atoms with Crippen molar-refractivity contribution in [1.29, 1.82) is 0 Å². The third-order valence-corrected chi connectivity index (χ3v) is 2.71. The number of rotatable bonds is 3. The Morgan fingerprint density at radius 1 is 1.53 bits per heavy atom. The van der Waals surface area contributed by atoms with Crippen LogP contribution in [0.4, 0.5) is 11.6 Å². The van der Waals surface area contributed by atoms with Crippen LogP contribution in [0.15, 0.2) is 12.4 Å². The molecule has 2 heterocycles. The van der Waals surface area contributed by atoms with Crippen LogP contribution in [0.25, 0.3) is 0 Å². The number of hydrogen-bond donors (Lipinski definition) is 1. The summed E-state index contributed by atoms with van der Waals surface area (Å²) in [6.07, 6.45) is 2.98. The van der Waals surface area contributed by atoms with Crippen molar-refractivity contribution in [3.8, 4) is 0 Å². The van der Waals surface area contributed by atoms with Crippen molar-refractivity contribution in [3.63, 3.8) is 0 Å². The third-order valence-electron chi connectivity index (χ3n) is 2.71. The van der Waals surface area contributed by atoms with Crippen LogP contribution in [-0.2, 0) is 4.74 Å². The van der Waals surface area contributed by atoms with Crippen LogP contribution >= 0.6 is 0 Å². The Morgan fingerprint density at radius 3 is 3.07 bits per heavy atom. The molecular formula is C10H16N4O. The highest BCUT2D eigenvalue weighted by atomic mass is 16.5. The summed E-state index contributed by atoms with van der Waals surface area (Å²) in [5.74, 6) is 1.81. The van der Waals surface area contributed by atoms with E-state index in [9.17, 15) is 0 Å². The second-order valence-corrected chi connectivity index (χ2v) is 3.60. The van der Waals surface area contributed by atoms with Crippen molar-refractivity contribution < 1.29 is 4.74 Å². The number of hydrogen-bond acceptors (Lipinski definition) is 5. The van der Waals surface area contributed by atoms with Crippen molar-refractivity contribution in [2.75, 3.05) is 37.5 Å². The Bertz CT molecular complexity index is 331. The standard InChI is InChI=1S/C10H16N4O/c1-11-9-5-10(13-7-12-9)14-4-3-8(6-14)15-2/h5,7-8H,3-4,6H2,1-2H3,(H,11,12,13). The van der Waals surface area contributed by atoms with E-state index in [0.717, 1.165) is 31.1 Å². The molecule has 1 aliphatic rings. The molecule has 2 rings (SSSR count). The highest BCUT2D eigenvalue weighted by molar-refractivity contribution is 5.48. The van der Waals surface area contributed by atoms with Gasteiger partial charge in [0.2, 0.25) is 0 Å². The molecule has 0 saturated carbocycles. The summed E-state index contributed by atoms with van der Waals surface area (Å²) >= 11 is 0. The number of aromatic nitrogens is 2. The molecule has 0 radical (unpaired) electrons. The summed E-state index contributed by atoms with van der Waals surface area (Å²) in [6, 6.07) is 1.96. The zero-order valence-electron chi connectivity index (χ0n) is 9.10. The Kier molecular flexibility index (Phi) is 3.01. The number of anilines is 2. The van der Waals surface area contributed by atoms with Gasteiger partial charge in [0.05, 0.1) is 6.10 Å². The first-order valence-corrected chi connectivity index (χ1v) is 5.11. The van der Waals surface area contributed by atoms with Gasteiger partial charge in [-0.15, -0.1) is 0 Å². The van der Waals surface area contributed by atoms with E-state index in [-0.39, 0.29) is 0 Å². The molecule has 1 N–H and O–H groups in total. The molecule has 0 aromatic carbocycles. The van der Waals surface area contributed by atoms with Gasteiger partial charge in [0.1, 0.15) is 18.0 Å². The molecule has 0 bridgehead atoms. The number of methoxy groups -OCH3 is 1. The summed E-state index contributed by atoms with van der Waals surface area (Å²) in [4.78, 5) is 10.6. The highest BCUT2D eigenvalue weighted by Crippen LogP contribution is 2.20. The second-order valence-electron chi connectivity index (χ2n) is 3.60. The van der Waals surface area contributed by atoms with Gasteiger partial charge in [-0.25, -0.2) is 9.97 Å². The van der Waals surface area contributed by atoms with E-state index in [1.807, 2.05) is 13.1 Å². The molecule has 1 unspecified atom stereocenters. The molecule has 1 atom stereocenters. The summed E-state index contributed by atoms with van der Waals surface area (Å²) in [5.41, 5.74) is 0. The van der Waals surface area contributed by atoms with Crippen molar-refractivity contribution in [2.45, 2.75) is 12.5 Å². The lowest BCUT2D eigenvalue weighted by Crippen LogP contribution is -2.23. The van der Waals surface area contributed by atoms with E-state index in [4.69, 9.17) is 4.74 Å². The number of nitrogens with one attached hydrogen (secondary N) is 1. The van der Waals surface area contributed by atoms with Crippen molar-refractivity contribution in [3.05, 3.63) is 12.4 Å². The molecule has 15 heavy (non-hydrogen) atoms. The number of nitrogens with zero attached hydrogens (tertiary/aromatic N) is 3. The van der Waals surface area contributed by atoms with Crippen LogP contribution in [-0.4, -0.2) is 43.3 Å². The smallest absolute Gasteiger partial charge is 0.134 e. The van der Waals surface area contributed by atoms with Crippen LogP contribution in [0.3, 0.4) is 0 Å². The summed E-state index contributed by atoms with van der Waals surface area (Å²) in [5, 5.41) is 3.01. The molecule has 0 amide bonds. The minimum Gasteiger partial charge on any atom is -0.380 e. The molecule has 1 aliphatic heterocycles. The monoisotopic (exact) mass is 208 g/mol. The lowest BCUT2D eigenvalue weighted by atomic mass is 10.3. The average Bonchev–Trinajstić information content (AvgIpc) is 2.78. The zero-order chi connectivity index (χ0) is 10.7. The first-order chi connectivity index (χ1) is 7.33. The molecular weight excluding hydrogens is 192 g/mol. The van der Waals surface area contributed by atoms with Crippen molar-refractivity contribution in [1.82, 2.24) is 9.97 Å². The van der Waals surface area contributed by atoms with Crippen LogP contribution in [0.1, 0.15) is 6.42 Å². The minimum atomic E-state index is 0.331. The maximum atomic E-state index is 5.32. The highest BCUT2D eigenvalue weighted by Gasteiger charge is 2.23. The fourth-order valence-electron chi connectivity index (χ4n) is 1.79. The van der Waals surface area contributed by atoms with E-state index in [2.05, 4.69) is 20.2 Å². The van der Waals surface area contributed by atoms with E-state index in [1.54, 1.807) is 13.4 Å². The molecule has 0 spiro atoms. The second kappa shape index (κ2) is 4.44. The summed E-state index contributed by atoms with van der Waals surface area (Å²) in [6.45, 7) is 1.91. The molecule has 1 saturated heterocycles. The Morgan fingerprint density at radius 2 is 2.40 bits per heavy atom. The quantitative estimate of drug-likeness (QED) is 0.794. The van der Waals surface area contributed by atoms with Crippen LogP contribution in [0.2, 0.25) is 0 Å². The van der Waals surface area contributed by atoms with Gasteiger partial charge in [0.25, 0.3) is 0 Å². The van der Waals surface area contributed by atoms with Crippen LogP contribution < -0.4 is 10.2 Å². The van der Waals surface area contributed by atoms with Crippen molar-refractivity contribution >= 4 is 11.6 Å². The summed E-state index contributed by atoms with van der Waals surface area (Å²) < 4.78 is 5.32. The van der Waals surface area contributed by atoms with Gasteiger partial charge in [-0.2, -0.15) is 0 Å². The maximum absolute atomic E-state index is 5.32. The average molecular weight is 208 g/mol. The number of ether oxygens (including phenoxy) is 1. The molecule has 0 aliphatic carbocycles. The van der Waals surface area contributed by atoms with Gasteiger partial charge in [-0.3, -0.25) is 0 Å². The minimum absolute atomic E-state index is 0.331. The lowest BCUT2D eigenvalue weighted by Gasteiger charge is -2.17. The normalized spacial score (nSPS) is 20.7. The first kappa shape index (κ1) is 10.2. The largest absolute Gasteiger partial charge is 0.380 e. The fraction of sp³-hybridized carbons (Fsp3) is 0.600. The molecule has 5 nitrogen and oxygen atoms in total. The Hall–Kier alpha value is -1.36. The summed E-state index contributed by atoms with van der Waals surface area (Å²) in [7, 11) is 3.61. The van der Waals surface area contributed by atoms with Gasteiger partial charge >= 0.3 is 0 Å². The predicted octanol–water partition coefficient (Wildman–Crippen LogP) is 0.743. The van der Waals surface area contributed by atoms with Gasteiger partial charge in [0, 0.05) is 33.3 Å². The van der Waals surface area contributed by atoms with Gasteiger partial charge in [-0.1, -0.05) is 0 Å². The SMILES string of the molecule is CNc1cc(N2CCC(OC)C2)ncn1. The van der Waals surface area contributed by atoms with Gasteiger partial charge < -0.3 is 15.0 Å². The lowest BCUT2D eigenvalue weighted by molar-refractivity contribution is 0.121. The molecule has 82 valence electrons. The predicted molar refractivity (Wildman–Crippen MR) is 59.2 cm³/mol. The topological polar surface area (TPSA) is 50.3 Å².